The molecule has 2 N–H and O–H groups in total. The van der Waals surface area contributed by atoms with Gasteiger partial charge >= 0.3 is 11.9 Å². The first-order valence-electron chi connectivity index (χ1n) is 12.6. The van der Waals surface area contributed by atoms with Gasteiger partial charge in [-0.15, -0.1) is 0 Å². The zero-order valence-corrected chi connectivity index (χ0v) is 20.3. The van der Waals surface area contributed by atoms with Gasteiger partial charge in [-0.2, -0.15) is 0 Å². The lowest BCUT2D eigenvalue weighted by molar-refractivity contribution is -0.153. The van der Waals surface area contributed by atoms with Gasteiger partial charge in [0.25, 0.3) is 11.5 Å². The minimum Gasteiger partial charge on any atom is -0.463 e. The molecular formula is C26H37NO6. The van der Waals surface area contributed by atoms with Crippen LogP contribution >= 0.6 is 0 Å². The molecule has 7 heteroatoms. The third kappa shape index (κ3) is 2.80. The van der Waals surface area contributed by atoms with Gasteiger partial charge in [-0.3, -0.25) is 9.59 Å². The zero-order valence-electron chi connectivity index (χ0n) is 20.3. The van der Waals surface area contributed by atoms with E-state index in [0.717, 1.165) is 44.9 Å². The lowest BCUT2D eigenvalue weighted by Gasteiger charge is -2.57. The average molecular weight is 460 g/mol. The van der Waals surface area contributed by atoms with Crippen molar-refractivity contribution in [2.45, 2.75) is 96.4 Å². The van der Waals surface area contributed by atoms with Crippen LogP contribution in [0.3, 0.4) is 0 Å². The molecule has 7 nitrogen and oxygen atoms in total. The number of allylic oxidation sites excluding steroid dienone is 1. The zero-order chi connectivity index (χ0) is 23.8. The predicted octanol–water partition coefficient (Wildman–Crippen LogP) is 3.44. The molecule has 4 aliphatic carbocycles. The van der Waals surface area contributed by atoms with Crippen molar-refractivity contribution in [2.75, 3.05) is 6.61 Å². The number of hydrogen-bond acceptors (Lipinski definition) is 6. The first-order chi connectivity index (χ1) is 15.6. The Morgan fingerprint density at radius 3 is 2.52 bits per heavy atom. The van der Waals surface area contributed by atoms with Crippen LogP contribution in [-0.4, -0.2) is 41.8 Å². The molecule has 1 saturated heterocycles. The van der Waals surface area contributed by atoms with E-state index < -0.39 is 23.1 Å². The van der Waals surface area contributed by atoms with Gasteiger partial charge in [0.1, 0.15) is 11.7 Å². The number of hydrogen-bond donors (Lipinski definition) is 1. The van der Waals surface area contributed by atoms with Gasteiger partial charge in [0, 0.05) is 18.8 Å². The maximum atomic E-state index is 12.9. The Morgan fingerprint density at radius 1 is 1.12 bits per heavy atom. The van der Waals surface area contributed by atoms with Crippen LogP contribution < -0.4 is 5.73 Å². The average Bonchev–Trinajstić information content (AvgIpc) is 3.36. The number of amides is 1. The normalized spacial score (nSPS) is 47.6. The first kappa shape index (κ1) is 22.9. The molecule has 0 unspecified atom stereocenters. The molecule has 5 aliphatic rings. The van der Waals surface area contributed by atoms with Gasteiger partial charge in [0.2, 0.25) is 0 Å². The lowest BCUT2D eigenvalue weighted by Crippen LogP contribution is -2.56. The summed E-state index contributed by atoms with van der Waals surface area (Å²) in [5.41, 5.74) is 4.57. The Bertz CT molecular complexity index is 930. The predicted molar refractivity (Wildman–Crippen MR) is 120 cm³/mol. The molecule has 8 atom stereocenters. The van der Waals surface area contributed by atoms with Crippen LogP contribution in [0.25, 0.3) is 0 Å². The molecule has 0 aromatic carbocycles. The third-order valence-electron chi connectivity index (χ3n) is 10.3. The smallest absolute Gasteiger partial charge is 0.351 e. The summed E-state index contributed by atoms with van der Waals surface area (Å²) < 4.78 is 17.0. The van der Waals surface area contributed by atoms with Gasteiger partial charge in [-0.25, -0.2) is 4.79 Å². The second kappa shape index (κ2) is 7.30. The molecule has 1 amide bonds. The number of esters is 2. The Hall–Kier alpha value is -1.89. The summed E-state index contributed by atoms with van der Waals surface area (Å²) in [7, 11) is 0. The van der Waals surface area contributed by atoms with E-state index in [0.29, 0.717) is 24.2 Å². The van der Waals surface area contributed by atoms with Crippen LogP contribution in [0.15, 0.2) is 11.6 Å². The number of primary amides is 1. The van der Waals surface area contributed by atoms with Crippen molar-refractivity contribution in [3.05, 3.63) is 11.6 Å². The maximum Gasteiger partial charge on any atom is 0.351 e. The highest BCUT2D eigenvalue weighted by molar-refractivity contribution is 6.10. The molecule has 0 radical (unpaired) electrons. The molecule has 0 aromatic heterocycles. The molecule has 1 aliphatic heterocycles. The van der Waals surface area contributed by atoms with E-state index in [1.807, 2.05) is 0 Å². The Morgan fingerprint density at radius 2 is 1.85 bits per heavy atom. The van der Waals surface area contributed by atoms with Crippen molar-refractivity contribution in [2.24, 2.45) is 34.3 Å². The molecular weight excluding hydrogens is 422 g/mol. The van der Waals surface area contributed by atoms with E-state index in [1.54, 1.807) is 6.92 Å². The molecule has 0 bridgehead atoms. The minimum atomic E-state index is -1.64. The van der Waals surface area contributed by atoms with Gasteiger partial charge in [-0.1, -0.05) is 25.5 Å². The highest BCUT2D eigenvalue weighted by atomic mass is 16.7. The van der Waals surface area contributed by atoms with Crippen molar-refractivity contribution in [1.82, 2.24) is 0 Å². The number of rotatable bonds is 4. The SMILES string of the molecule is CCOC(=O)[C@]1(C(N)=O)O[C@@]12CC[C@@H]1[C@@H]3CC=C4C[C@H](OC(C)=O)CC[C@]4(C)[C@@H]3CC[C@@]12C. The van der Waals surface area contributed by atoms with Crippen molar-refractivity contribution in [3.63, 3.8) is 0 Å². The molecule has 4 fully saturated rings. The summed E-state index contributed by atoms with van der Waals surface area (Å²) in [6, 6.07) is 0. The summed E-state index contributed by atoms with van der Waals surface area (Å²) >= 11 is 0. The fraction of sp³-hybridized carbons (Fsp3) is 0.808. The van der Waals surface area contributed by atoms with E-state index in [2.05, 4.69) is 19.9 Å². The van der Waals surface area contributed by atoms with Crippen LogP contribution in [0.4, 0.5) is 0 Å². The van der Waals surface area contributed by atoms with Crippen molar-refractivity contribution in [1.29, 1.82) is 0 Å². The minimum absolute atomic E-state index is 0.0115. The molecule has 0 aromatic rings. The molecule has 3 saturated carbocycles. The summed E-state index contributed by atoms with van der Waals surface area (Å²) in [6.07, 6.45) is 9.68. The second-order valence-corrected chi connectivity index (χ2v) is 11.4. The Kier molecular flexibility index (Phi) is 5.06. The summed E-state index contributed by atoms with van der Waals surface area (Å²) in [4.78, 5) is 36.9. The van der Waals surface area contributed by atoms with Crippen molar-refractivity contribution < 1.29 is 28.6 Å². The molecule has 182 valence electrons. The molecule has 1 heterocycles. The fourth-order valence-corrected chi connectivity index (χ4v) is 8.73. The first-order valence-corrected chi connectivity index (χ1v) is 12.6. The van der Waals surface area contributed by atoms with Crippen LogP contribution in [0.5, 0.6) is 0 Å². The number of ether oxygens (including phenoxy) is 3. The number of carbonyl (C=O) groups excluding carboxylic acids is 3. The Balaban J connectivity index is 1.43. The summed E-state index contributed by atoms with van der Waals surface area (Å²) in [6.45, 7) is 8.02. The largest absolute Gasteiger partial charge is 0.463 e. The van der Waals surface area contributed by atoms with Crippen molar-refractivity contribution in [3.8, 4) is 0 Å². The molecule has 33 heavy (non-hydrogen) atoms. The lowest BCUT2D eigenvalue weighted by atomic mass is 9.47. The van der Waals surface area contributed by atoms with Gasteiger partial charge in [-0.05, 0) is 75.0 Å². The number of epoxide rings is 1. The number of carbonyl (C=O) groups is 3. The quantitative estimate of drug-likeness (QED) is 0.299. The van der Waals surface area contributed by atoms with Gasteiger partial charge in [0.05, 0.1) is 6.61 Å². The van der Waals surface area contributed by atoms with E-state index in [1.165, 1.54) is 12.5 Å². The molecule has 5 rings (SSSR count). The third-order valence-corrected chi connectivity index (χ3v) is 10.3. The van der Waals surface area contributed by atoms with E-state index >= 15 is 0 Å². The maximum absolute atomic E-state index is 12.9. The van der Waals surface area contributed by atoms with Gasteiger partial charge in [0.15, 0.2) is 0 Å². The number of fused-ring (bicyclic) bond motifs is 6. The van der Waals surface area contributed by atoms with E-state index in [-0.39, 0.29) is 29.5 Å². The monoisotopic (exact) mass is 459 g/mol. The fourth-order valence-electron chi connectivity index (χ4n) is 8.73. The highest BCUT2D eigenvalue weighted by Gasteiger charge is 2.88. The standard InChI is InChI=1S/C26H37NO6/c1-5-31-22(30)26(21(27)29)25(33-26)13-10-20-18-7-6-16-14-17(32-15(2)28)8-11-23(16,3)19(18)9-12-24(20,25)4/h6,17-20H,5,7-14H2,1-4H3,(H2,27,29)/t17-,18-,19-,20-,23+,24+,25-,26+/m1/s1. The summed E-state index contributed by atoms with van der Waals surface area (Å²) in [5, 5.41) is 0. The molecule has 1 spiro atoms. The van der Waals surface area contributed by atoms with Crippen molar-refractivity contribution >= 4 is 17.8 Å². The number of nitrogens with two attached hydrogens (primary N) is 1. The van der Waals surface area contributed by atoms with Crippen LogP contribution in [0.2, 0.25) is 0 Å². The van der Waals surface area contributed by atoms with E-state index in [9.17, 15) is 14.4 Å². The van der Waals surface area contributed by atoms with Crippen LogP contribution in [0, 0.1) is 28.6 Å². The van der Waals surface area contributed by atoms with Gasteiger partial charge < -0.3 is 19.9 Å². The second-order valence-electron chi connectivity index (χ2n) is 11.4. The van der Waals surface area contributed by atoms with Crippen LogP contribution in [0.1, 0.15) is 79.1 Å². The Labute approximate surface area is 195 Å². The summed E-state index contributed by atoms with van der Waals surface area (Å²) in [5.74, 6) is -0.138. The highest BCUT2D eigenvalue weighted by Crippen LogP contribution is 2.75. The topological polar surface area (TPSA) is 108 Å². The van der Waals surface area contributed by atoms with Crippen LogP contribution in [-0.2, 0) is 28.6 Å². The van der Waals surface area contributed by atoms with E-state index in [4.69, 9.17) is 19.9 Å².